The first kappa shape index (κ1) is 13.1. The van der Waals surface area contributed by atoms with Crippen LogP contribution in [0.15, 0.2) is 18.3 Å². The molecule has 0 radical (unpaired) electrons. The third-order valence-electron chi connectivity index (χ3n) is 2.85. The Kier molecular flexibility index (Phi) is 3.79. The second-order valence-corrected chi connectivity index (χ2v) is 4.34. The molecule has 1 amide bonds. The number of aryl methyl sites for hydroxylation is 2. The molecule has 0 aliphatic carbocycles. The van der Waals surface area contributed by atoms with Crippen LogP contribution in [-0.2, 0) is 6.54 Å². The van der Waals surface area contributed by atoms with Crippen LogP contribution >= 0.6 is 0 Å². The molecule has 2 rings (SSSR count). The van der Waals surface area contributed by atoms with E-state index in [1.807, 2.05) is 13.8 Å². The van der Waals surface area contributed by atoms with Gasteiger partial charge in [-0.1, -0.05) is 0 Å². The zero-order valence-corrected chi connectivity index (χ0v) is 11.2. The summed E-state index contributed by atoms with van der Waals surface area (Å²) in [6.07, 6.45) is 1.71. The molecule has 0 spiro atoms. The predicted octanol–water partition coefficient (Wildman–Crippen LogP) is 1.39. The first-order chi connectivity index (χ1) is 9.10. The number of aromatic amines is 1. The van der Waals surface area contributed by atoms with E-state index in [4.69, 9.17) is 0 Å². The van der Waals surface area contributed by atoms with Gasteiger partial charge >= 0.3 is 0 Å². The van der Waals surface area contributed by atoms with Crippen molar-refractivity contribution >= 4 is 11.7 Å². The number of hydrogen-bond acceptors (Lipinski definition) is 4. The Hall–Kier alpha value is -2.37. The van der Waals surface area contributed by atoms with Crippen LogP contribution in [0, 0.1) is 13.8 Å². The summed E-state index contributed by atoms with van der Waals surface area (Å²) in [5.41, 5.74) is 3.34. The molecule has 100 valence electrons. The van der Waals surface area contributed by atoms with E-state index in [0.717, 1.165) is 17.0 Å². The quantitative estimate of drug-likeness (QED) is 0.775. The van der Waals surface area contributed by atoms with Gasteiger partial charge in [0.2, 0.25) is 0 Å². The van der Waals surface area contributed by atoms with Crippen LogP contribution in [0.3, 0.4) is 0 Å². The molecule has 2 aromatic heterocycles. The van der Waals surface area contributed by atoms with Gasteiger partial charge in [-0.25, -0.2) is 4.98 Å². The molecule has 0 unspecified atom stereocenters. The van der Waals surface area contributed by atoms with Crippen LogP contribution < -0.4 is 10.6 Å². The van der Waals surface area contributed by atoms with E-state index < -0.39 is 0 Å². The van der Waals surface area contributed by atoms with Crippen molar-refractivity contribution in [1.29, 1.82) is 0 Å². The highest BCUT2D eigenvalue weighted by molar-refractivity contribution is 5.94. The van der Waals surface area contributed by atoms with E-state index in [1.165, 1.54) is 0 Å². The number of hydrogen-bond donors (Lipinski definition) is 3. The Morgan fingerprint density at radius 2 is 2.16 bits per heavy atom. The molecule has 0 atom stereocenters. The molecule has 19 heavy (non-hydrogen) atoms. The summed E-state index contributed by atoms with van der Waals surface area (Å²) in [7, 11) is 1.78. The standard InChI is InChI=1S/C13H17N5O/c1-8-4-10(5-12(14-3)17-8)13(19)15-6-11-7-16-18-9(11)2/h4-5,7H,6H2,1-3H3,(H,14,17)(H,15,19)(H,16,18). The van der Waals surface area contributed by atoms with E-state index in [-0.39, 0.29) is 5.91 Å². The Balaban J connectivity index is 2.08. The lowest BCUT2D eigenvalue weighted by molar-refractivity contribution is 0.0950. The van der Waals surface area contributed by atoms with Crippen molar-refractivity contribution in [2.24, 2.45) is 0 Å². The van der Waals surface area contributed by atoms with Crippen LogP contribution in [0.4, 0.5) is 5.82 Å². The van der Waals surface area contributed by atoms with Crippen LogP contribution in [0.25, 0.3) is 0 Å². The van der Waals surface area contributed by atoms with Gasteiger partial charge in [0.15, 0.2) is 0 Å². The summed E-state index contributed by atoms with van der Waals surface area (Å²) >= 11 is 0. The highest BCUT2D eigenvalue weighted by Crippen LogP contribution is 2.10. The molecule has 0 aliphatic rings. The number of carbonyl (C=O) groups excluding carboxylic acids is 1. The molecule has 0 fully saturated rings. The minimum absolute atomic E-state index is 0.123. The minimum Gasteiger partial charge on any atom is -0.373 e. The summed E-state index contributed by atoms with van der Waals surface area (Å²) in [6.45, 7) is 4.24. The largest absolute Gasteiger partial charge is 0.373 e. The lowest BCUT2D eigenvalue weighted by Crippen LogP contribution is -2.23. The lowest BCUT2D eigenvalue weighted by atomic mass is 10.2. The molecule has 6 heteroatoms. The zero-order chi connectivity index (χ0) is 13.8. The van der Waals surface area contributed by atoms with E-state index in [0.29, 0.717) is 17.9 Å². The summed E-state index contributed by atoms with van der Waals surface area (Å²) in [5, 5.41) is 12.6. The average Bonchev–Trinajstić information content (AvgIpc) is 2.80. The smallest absolute Gasteiger partial charge is 0.251 e. The van der Waals surface area contributed by atoms with Gasteiger partial charge in [-0.05, 0) is 26.0 Å². The third kappa shape index (κ3) is 3.09. The van der Waals surface area contributed by atoms with E-state index in [2.05, 4.69) is 25.8 Å². The number of aromatic nitrogens is 3. The first-order valence-electron chi connectivity index (χ1n) is 6.03. The fourth-order valence-electron chi connectivity index (χ4n) is 1.76. The number of rotatable bonds is 4. The molecular weight excluding hydrogens is 242 g/mol. The summed E-state index contributed by atoms with van der Waals surface area (Å²) in [6, 6.07) is 3.49. The average molecular weight is 259 g/mol. The molecular formula is C13H17N5O. The maximum Gasteiger partial charge on any atom is 0.251 e. The van der Waals surface area contributed by atoms with Gasteiger partial charge < -0.3 is 10.6 Å². The third-order valence-corrected chi connectivity index (χ3v) is 2.85. The van der Waals surface area contributed by atoms with Gasteiger partial charge in [0, 0.05) is 36.1 Å². The maximum atomic E-state index is 12.1. The van der Waals surface area contributed by atoms with Crippen molar-refractivity contribution in [3.8, 4) is 0 Å². The monoisotopic (exact) mass is 259 g/mol. The fraction of sp³-hybridized carbons (Fsp3) is 0.308. The number of pyridine rings is 1. The van der Waals surface area contributed by atoms with Gasteiger partial charge in [-0.3, -0.25) is 9.89 Å². The van der Waals surface area contributed by atoms with Crippen LogP contribution in [-0.4, -0.2) is 28.1 Å². The summed E-state index contributed by atoms with van der Waals surface area (Å²) < 4.78 is 0. The van der Waals surface area contributed by atoms with Gasteiger partial charge in [-0.2, -0.15) is 5.10 Å². The van der Waals surface area contributed by atoms with Gasteiger partial charge in [-0.15, -0.1) is 0 Å². The Bertz CT molecular complexity index is 590. The lowest BCUT2D eigenvalue weighted by Gasteiger charge is -2.07. The molecule has 6 nitrogen and oxygen atoms in total. The second-order valence-electron chi connectivity index (χ2n) is 4.34. The minimum atomic E-state index is -0.123. The SMILES string of the molecule is CNc1cc(C(=O)NCc2cn[nH]c2C)cc(C)n1. The van der Waals surface area contributed by atoms with Crippen LogP contribution in [0.5, 0.6) is 0 Å². The molecule has 0 saturated carbocycles. The van der Waals surface area contributed by atoms with Crippen molar-refractivity contribution in [2.75, 3.05) is 12.4 Å². The van der Waals surface area contributed by atoms with Gasteiger partial charge in [0.25, 0.3) is 5.91 Å². The zero-order valence-electron chi connectivity index (χ0n) is 11.2. The highest BCUT2D eigenvalue weighted by Gasteiger charge is 2.09. The van der Waals surface area contributed by atoms with Crippen molar-refractivity contribution in [3.63, 3.8) is 0 Å². The fourth-order valence-corrected chi connectivity index (χ4v) is 1.76. The van der Waals surface area contributed by atoms with E-state index >= 15 is 0 Å². The first-order valence-corrected chi connectivity index (χ1v) is 6.03. The van der Waals surface area contributed by atoms with Crippen molar-refractivity contribution in [3.05, 3.63) is 40.8 Å². The molecule has 3 N–H and O–H groups in total. The molecule has 0 bridgehead atoms. The summed E-state index contributed by atoms with van der Waals surface area (Å²) in [5.74, 6) is 0.562. The number of nitrogens with one attached hydrogen (secondary N) is 3. The van der Waals surface area contributed by atoms with E-state index in [9.17, 15) is 4.79 Å². The van der Waals surface area contributed by atoms with Gasteiger partial charge in [0.1, 0.15) is 5.82 Å². The Morgan fingerprint density at radius 3 is 2.79 bits per heavy atom. The number of H-pyrrole nitrogens is 1. The second kappa shape index (κ2) is 5.51. The predicted molar refractivity (Wildman–Crippen MR) is 73.0 cm³/mol. The molecule has 2 heterocycles. The molecule has 0 aromatic carbocycles. The molecule has 0 saturated heterocycles. The normalized spacial score (nSPS) is 10.3. The van der Waals surface area contributed by atoms with Crippen molar-refractivity contribution < 1.29 is 4.79 Å². The van der Waals surface area contributed by atoms with Gasteiger partial charge in [0.05, 0.1) is 6.20 Å². The number of carbonyl (C=O) groups is 1. The number of nitrogens with zero attached hydrogens (tertiary/aromatic N) is 2. The molecule has 0 aliphatic heterocycles. The Morgan fingerprint density at radius 1 is 1.37 bits per heavy atom. The Labute approximate surface area is 111 Å². The van der Waals surface area contributed by atoms with Crippen LogP contribution in [0.1, 0.15) is 27.3 Å². The topological polar surface area (TPSA) is 82.7 Å². The number of amides is 1. The van der Waals surface area contributed by atoms with Crippen molar-refractivity contribution in [1.82, 2.24) is 20.5 Å². The van der Waals surface area contributed by atoms with Crippen molar-refractivity contribution in [2.45, 2.75) is 20.4 Å². The maximum absolute atomic E-state index is 12.1. The highest BCUT2D eigenvalue weighted by atomic mass is 16.1. The van der Waals surface area contributed by atoms with E-state index in [1.54, 1.807) is 25.4 Å². The number of anilines is 1. The molecule has 2 aromatic rings. The summed E-state index contributed by atoms with van der Waals surface area (Å²) in [4.78, 5) is 16.3. The van der Waals surface area contributed by atoms with Crippen LogP contribution in [0.2, 0.25) is 0 Å².